The summed E-state index contributed by atoms with van der Waals surface area (Å²) in [5, 5.41) is 0. The molecule has 1 amide bonds. The maximum Gasteiger partial charge on any atom is 0.244 e. The molecule has 0 unspecified atom stereocenters. The molecule has 0 heterocycles. The van der Waals surface area contributed by atoms with E-state index < -0.39 is 5.91 Å². The summed E-state index contributed by atoms with van der Waals surface area (Å²) in [5.74, 6) is -0.328. The van der Waals surface area contributed by atoms with Gasteiger partial charge in [0.1, 0.15) is 0 Å². The molecule has 0 aromatic carbocycles. The largest absolute Gasteiger partial charge is 0.366 e. The zero-order chi connectivity index (χ0) is 12.3. The molecule has 0 saturated heterocycles. The molecule has 0 aromatic rings. The Hall–Kier alpha value is -1.90. The van der Waals surface area contributed by atoms with Gasteiger partial charge in [-0.05, 0) is 25.7 Å². The average molecular weight is 229 g/mol. The summed E-state index contributed by atoms with van der Waals surface area (Å²) in [6.07, 6.45) is 12.3. The van der Waals surface area contributed by atoms with Gasteiger partial charge in [0, 0.05) is 16.7 Å². The van der Waals surface area contributed by atoms with Gasteiger partial charge in [-0.3, -0.25) is 9.59 Å². The van der Waals surface area contributed by atoms with E-state index in [-0.39, 0.29) is 5.78 Å². The van der Waals surface area contributed by atoms with Gasteiger partial charge in [0.15, 0.2) is 5.78 Å². The van der Waals surface area contributed by atoms with Gasteiger partial charge in [-0.1, -0.05) is 30.4 Å². The SMILES string of the molecule is NC(=O)C1=CC=C(C(=O)C2=CCCC=C2)CC1. The second-order valence-corrected chi connectivity index (χ2v) is 4.22. The summed E-state index contributed by atoms with van der Waals surface area (Å²) in [4.78, 5) is 23.0. The van der Waals surface area contributed by atoms with E-state index in [9.17, 15) is 9.59 Å². The number of carbonyl (C=O) groups is 2. The first-order valence-corrected chi connectivity index (χ1v) is 5.79. The lowest BCUT2D eigenvalue weighted by Gasteiger charge is -2.13. The summed E-state index contributed by atoms with van der Waals surface area (Å²) in [5.41, 5.74) is 7.30. The van der Waals surface area contributed by atoms with Crippen LogP contribution in [0.5, 0.6) is 0 Å². The van der Waals surface area contributed by atoms with E-state index in [4.69, 9.17) is 5.73 Å². The minimum atomic E-state index is -0.399. The third kappa shape index (κ3) is 2.61. The fraction of sp³-hybridized carbons (Fsp3) is 0.286. The molecule has 2 aliphatic rings. The van der Waals surface area contributed by atoms with Gasteiger partial charge in [-0.15, -0.1) is 0 Å². The van der Waals surface area contributed by atoms with Crippen LogP contribution in [0.1, 0.15) is 25.7 Å². The van der Waals surface area contributed by atoms with Gasteiger partial charge in [0.2, 0.25) is 5.91 Å². The van der Waals surface area contributed by atoms with Crippen molar-refractivity contribution in [2.24, 2.45) is 5.73 Å². The number of amides is 1. The lowest BCUT2D eigenvalue weighted by atomic mass is 9.90. The molecule has 0 bridgehead atoms. The van der Waals surface area contributed by atoms with Crippen molar-refractivity contribution in [1.29, 1.82) is 0 Å². The molecule has 0 aliphatic heterocycles. The van der Waals surface area contributed by atoms with Crippen LogP contribution in [-0.2, 0) is 9.59 Å². The van der Waals surface area contributed by atoms with Crippen LogP contribution >= 0.6 is 0 Å². The lowest BCUT2D eigenvalue weighted by molar-refractivity contribution is -0.115. The normalized spacial score (nSPS) is 19.2. The number of carbonyl (C=O) groups excluding carboxylic acids is 2. The summed E-state index contributed by atoms with van der Waals surface area (Å²) in [6.45, 7) is 0. The Kier molecular flexibility index (Phi) is 3.38. The van der Waals surface area contributed by atoms with E-state index >= 15 is 0 Å². The molecule has 0 radical (unpaired) electrons. The molecule has 2 aliphatic carbocycles. The van der Waals surface area contributed by atoms with Crippen molar-refractivity contribution >= 4 is 11.7 Å². The number of rotatable bonds is 3. The highest BCUT2D eigenvalue weighted by atomic mass is 16.1. The van der Waals surface area contributed by atoms with Crippen molar-refractivity contribution in [3.63, 3.8) is 0 Å². The zero-order valence-electron chi connectivity index (χ0n) is 9.61. The van der Waals surface area contributed by atoms with Crippen molar-refractivity contribution < 1.29 is 9.59 Å². The summed E-state index contributed by atoms with van der Waals surface area (Å²) in [7, 11) is 0. The highest BCUT2D eigenvalue weighted by Gasteiger charge is 2.18. The Morgan fingerprint density at radius 2 is 1.76 bits per heavy atom. The Morgan fingerprint density at radius 3 is 2.29 bits per heavy atom. The monoisotopic (exact) mass is 229 g/mol. The second kappa shape index (κ2) is 4.95. The third-order valence-electron chi connectivity index (χ3n) is 3.01. The first kappa shape index (κ1) is 11.6. The predicted molar refractivity (Wildman–Crippen MR) is 66.1 cm³/mol. The molecule has 0 atom stereocenters. The number of hydrogen-bond acceptors (Lipinski definition) is 2. The average Bonchev–Trinajstić information content (AvgIpc) is 2.39. The predicted octanol–water partition coefficient (Wildman–Crippen LogP) is 1.96. The Labute approximate surface area is 100 Å². The number of ketones is 1. The first-order valence-electron chi connectivity index (χ1n) is 5.79. The fourth-order valence-corrected chi connectivity index (χ4v) is 2.00. The topological polar surface area (TPSA) is 60.2 Å². The smallest absolute Gasteiger partial charge is 0.244 e. The molecule has 17 heavy (non-hydrogen) atoms. The number of nitrogens with two attached hydrogens (primary N) is 1. The molecular weight excluding hydrogens is 214 g/mol. The minimum absolute atomic E-state index is 0.0701. The Balaban J connectivity index is 2.14. The molecule has 3 heteroatoms. The number of Topliss-reactive ketones (excluding diaryl/α,β-unsaturated/α-hetero) is 1. The van der Waals surface area contributed by atoms with Gasteiger partial charge in [-0.25, -0.2) is 0 Å². The summed E-state index contributed by atoms with van der Waals surface area (Å²) < 4.78 is 0. The molecule has 0 spiro atoms. The van der Waals surface area contributed by atoms with Crippen LogP contribution < -0.4 is 5.73 Å². The maximum absolute atomic E-state index is 12.1. The van der Waals surface area contributed by atoms with Crippen molar-refractivity contribution in [2.45, 2.75) is 25.7 Å². The highest BCUT2D eigenvalue weighted by molar-refractivity contribution is 6.10. The van der Waals surface area contributed by atoms with Crippen LogP contribution in [0.15, 0.2) is 47.1 Å². The Morgan fingerprint density at radius 1 is 1.06 bits per heavy atom. The van der Waals surface area contributed by atoms with Crippen molar-refractivity contribution in [3.05, 3.63) is 47.1 Å². The number of allylic oxidation sites excluding steroid dienone is 7. The van der Waals surface area contributed by atoms with Crippen molar-refractivity contribution in [1.82, 2.24) is 0 Å². The van der Waals surface area contributed by atoms with E-state index in [0.29, 0.717) is 18.4 Å². The zero-order valence-corrected chi connectivity index (χ0v) is 9.61. The molecule has 2 N–H and O–H groups in total. The molecule has 0 saturated carbocycles. The summed E-state index contributed by atoms with van der Waals surface area (Å²) in [6, 6.07) is 0. The van der Waals surface area contributed by atoms with Crippen molar-refractivity contribution in [2.75, 3.05) is 0 Å². The van der Waals surface area contributed by atoms with E-state index in [2.05, 4.69) is 0 Å². The fourth-order valence-electron chi connectivity index (χ4n) is 2.00. The summed E-state index contributed by atoms with van der Waals surface area (Å²) >= 11 is 0. The highest BCUT2D eigenvalue weighted by Crippen LogP contribution is 2.23. The molecule has 88 valence electrons. The van der Waals surface area contributed by atoms with Gasteiger partial charge in [0.05, 0.1) is 0 Å². The number of hydrogen-bond donors (Lipinski definition) is 1. The van der Waals surface area contributed by atoms with Crippen LogP contribution in [0.4, 0.5) is 0 Å². The van der Waals surface area contributed by atoms with Crippen LogP contribution in [0.2, 0.25) is 0 Å². The third-order valence-corrected chi connectivity index (χ3v) is 3.01. The quantitative estimate of drug-likeness (QED) is 0.804. The molecule has 0 fully saturated rings. The molecule has 0 aromatic heterocycles. The molecule has 2 rings (SSSR count). The Bertz CT molecular complexity index is 478. The van der Waals surface area contributed by atoms with Crippen molar-refractivity contribution in [3.8, 4) is 0 Å². The number of primary amides is 1. The van der Waals surface area contributed by atoms with E-state index in [1.807, 2.05) is 18.2 Å². The van der Waals surface area contributed by atoms with Gasteiger partial charge in [0.25, 0.3) is 0 Å². The van der Waals surface area contributed by atoms with Crippen LogP contribution in [0.25, 0.3) is 0 Å². The van der Waals surface area contributed by atoms with E-state index in [0.717, 1.165) is 24.0 Å². The second-order valence-electron chi connectivity index (χ2n) is 4.22. The maximum atomic E-state index is 12.1. The van der Waals surface area contributed by atoms with E-state index in [1.165, 1.54) is 0 Å². The van der Waals surface area contributed by atoms with Gasteiger partial charge < -0.3 is 5.73 Å². The lowest BCUT2D eigenvalue weighted by Crippen LogP contribution is -2.17. The first-order chi connectivity index (χ1) is 8.18. The minimum Gasteiger partial charge on any atom is -0.366 e. The molecular formula is C14H15NO2. The van der Waals surface area contributed by atoms with E-state index in [1.54, 1.807) is 12.2 Å². The molecule has 3 nitrogen and oxygen atoms in total. The van der Waals surface area contributed by atoms with Gasteiger partial charge >= 0.3 is 0 Å². The van der Waals surface area contributed by atoms with Crippen LogP contribution in [0, 0.1) is 0 Å². The van der Waals surface area contributed by atoms with Gasteiger partial charge in [-0.2, -0.15) is 0 Å². The van der Waals surface area contributed by atoms with Crippen LogP contribution in [0.3, 0.4) is 0 Å². The standard InChI is InChI=1S/C14H15NO2/c15-14(17)12-8-6-11(7-9-12)13(16)10-4-2-1-3-5-10/h2,4-6,8H,1,3,7,9H2,(H2,15,17). The van der Waals surface area contributed by atoms with Crippen LogP contribution in [-0.4, -0.2) is 11.7 Å².